The van der Waals surface area contributed by atoms with E-state index in [2.05, 4.69) is 4.90 Å². The Morgan fingerprint density at radius 2 is 2.05 bits per heavy atom. The first-order valence-electron chi connectivity index (χ1n) is 6.24. The van der Waals surface area contributed by atoms with Crippen LogP contribution < -0.4 is 10.6 Å². The Kier molecular flexibility index (Phi) is 4.92. The first-order chi connectivity index (χ1) is 9.06. The molecule has 1 aliphatic heterocycles. The molecule has 6 heteroatoms. The molecule has 1 fully saturated rings. The average molecular weight is 305 g/mol. The summed E-state index contributed by atoms with van der Waals surface area (Å²) < 4.78 is 5.33. The van der Waals surface area contributed by atoms with Crippen molar-refractivity contribution in [3.8, 4) is 0 Å². The molecule has 1 atom stereocenters. The molecule has 19 heavy (non-hydrogen) atoms. The molecule has 1 aliphatic rings. The third kappa shape index (κ3) is 2.98. The van der Waals surface area contributed by atoms with Gasteiger partial charge in [-0.1, -0.05) is 23.2 Å². The Balaban J connectivity index is 2.42. The van der Waals surface area contributed by atoms with Gasteiger partial charge in [0.05, 0.1) is 41.6 Å². The number of halogens is 2. The van der Waals surface area contributed by atoms with Crippen LogP contribution in [-0.2, 0) is 4.74 Å². The average Bonchev–Trinajstić information content (AvgIpc) is 2.43. The summed E-state index contributed by atoms with van der Waals surface area (Å²) in [5.74, 6) is 0. The molecule has 0 unspecified atom stereocenters. The molecule has 3 N–H and O–H groups in total. The smallest absolute Gasteiger partial charge is 0.0749 e. The highest BCUT2D eigenvalue weighted by Crippen LogP contribution is 2.39. The lowest BCUT2D eigenvalue weighted by Crippen LogP contribution is -2.36. The zero-order valence-electron chi connectivity index (χ0n) is 10.8. The molecule has 4 nitrogen and oxygen atoms in total. The quantitative estimate of drug-likeness (QED) is 0.898. The number of hydrogen-bond donors (Lipinski definition) is 2. The monoisotopic (exact) mass is 304 g/mol. The van der Waals surface area contributed by atoms with Gasteiger partial charge in [-0.2, -0.15) is 0 Å². The molecular formula is C13H18Cl2N2O2. The number of aliphatic hydroxyl groups is 1. The summed E-state index contributed by atoms with van der Waals surface area (Å²) in [6.07, 6.45) is 0. The Labute approximate surface area is 123 Å². The first kappa shape index (κ1) is 14.9. The fourth-order valence-corrected chi connectivity index (χ4v) is 2.99. The molecule has 0 amide bonds. The van der Waals surface area contributed by atoms with Gasteiger partial charge in [-0.15, -0.1) is 0 Å². The summed E-state index contributed by atoms with van der Waals surface area (Å²) in [5, 5.41) is 10.3. The number of ether oxygens (including phenoxy) is 1. The minimum atomic E-state index is -0.464. The van der Waals surface area contributed by atoms with Crippen molar-refractivity contribution < 1.29 is 9.84 Å². The summed E-state index contributed by atoms with van der Waals surface area (Å²) in [6.45, 7) is 4.64. The van der Waals surface area contributed by atoms with E-state index in [-0.39, 0.29) is 6.61 Å². The van der Waals surface area contributed by atoms with Gasteiger partial charge in [-0.05, 0) is 24.1 Å². The van der Waals surface area contributed by atoms with Crippen molar-refractivity contribution in [1.82, 2.24) is 0 Å². The largest absolute Gasteiger partial charge is 0.394 e. The summed E-state index contributed by atoms with van der Waals surface area (Å²) in [7, 11) is 0. The van der Waals surface area contributed by atoms with Crippen molar-refractivity contribution in [1.29, 1.82) is 0 Å². The number of aliphatic hydroxyl groups excluding tert-OH is 1. The third-order valence-corrected chi connectivity index (χ3v) is 4.15. The van der Waals surface area contributed by atoms with Gasteiger partial charge >= 0.3 is 0 Å². The molecular weight excluding hydrogens is 287 g/mol. The molecule has 0 spiro atoms. The van der Waals surface area contributed by atoms with Crippen LogP contribution in [0.2, 0.25) is 10.0 Å². The fraction of sp³-hybridized carbons (Fsp3) is 0.538. The van der Waals surface area contributed by atoms with Gasteiger partial charge in [0.15, 0.2) is 0 Å². The lowest BCUT2D eigenvalue weighted by atomic mass is 10.0. The molecule has 0 saturated carbocycles. The van der Waals surface area contributed by atoms with Crippen molar-refractivity contribution in [2.45, 2.75) is 13.0 Å². The van der Waals surface area contributed by atoms with E-state index in [4.69, 9.17) is 33.7 Å². The Bertz CT molecular complexity index is 462. The number of benzene rings is 1. The standard InChI is InChI=1S/C13H18Cl2N2O2/c1-8-9(11(16)7-18)6-10(14)13(12(8)15)17-2-4-19-5-3-17/h6,11,18H,2-5,7,16H2,1H3/t11-/m0/s1. The molecule has 1 saturated heterocycles. The number of nitrogens with two attached hydrogens (primary N) is 1. The predicted octanol–water partition coefficient (Wildman–Crippen LogP) is 2.13. The second-order valence-corrected chi connectivity index (χ2v) is 5.41. The molecule has 1 heterocycles. The van der Waals surface area contributed by atoms with Crippen LogP contribution in [0.1, 0.15) is 17.2 Å². The van der Waals surface area contributed by atoms with E-state index in [0.29, 0.717) is 23.3 Å². The zero-order chi connectivity index (χ0) is 14.0. The maximum absolute atomic E-state index is 9.17. The van der Waals surface area contributed by atoms with Gasteiger partial charge in [-0.3, -0.25) is 0 Å². The number of hydrogen-bond acceptors (Lipinski definition) is 4. The summed E-state index contributed by atoms with van der Waals surface area (Å²) in [5.41, 5.74) is 8.35. The molecule has 0 radical (unpaired) electrons. The lowest BCUT2D eigenvalue weighted by Gasteiger charge is -2.31. The van der Waals surface area contributed by atoms with Crippen LogP contribution in [0.4, 0.5) is 5.69 Å². The number of nitrogens with zero attached hydrogens (tertiary/aromatic N) is 1. The van der Waals surface area contributed by atoms with E-state index >= 15 is 0 Å². The molecule has 0 aromatic heterocycles. The van der Waals surface area contributed by atoms with Crippen LogP contribution in [0.3, 0.4) is 0 Å². The summed E-state index contributed by atoms with van der Waals surface area (Å²) >= 11 is 12.8. The number of rotatable bonds is 3. The summed E-state index contributed by atoms with van der Waals surface area (Å²) in [4.78, 5) is 2.12. The molecule has 0 aliphatic carbocycles. The van der Waals surface area contributed by atoms with Crippen LogP contribution in [0.15, 0.2) is 6.07 Å². The van der Waals surface area contributed by atoms with Crippen LogP contribution in [-0.4, -0.2) is 38.0 Å². The van der Waals surface area contributed by atoms with E-state index in [1.807, 2.05) is 6.92 Å². The zero-order valence-corrected chi connectivity index (χ0v) is 12.3. The fourth-order valence-electron chi connectivity index (χ4n) is 2.28. The molecule has 0 bridgehead atoms. The highest BCUT2D eigenvalue weighted by Gasteiger charge is 2.22. The Morgan fingerprint density at radius 1 is 1.42 bits per heavy atom. The normalized spacial score (nSPS) is 17.6. The van der Waals surface area contributed by atoms with Gasteiger partial charge in [0, 0.05) is 13.1 Å². The highest BCUT2D eigenvalue weighted by atomic mass is 35.5. The lowest BCUT2D eigenvalue weighted by molar-refractivity contribution is 0.122. The Morgan fingerprint density at radius 3 is 2.63 bits per heavy atom. The highest BCUT2D eigenvalue weighted by molar-refractivity contribution is 6.39. The van der Waals surface area contributed by atoms with E-state index in [1.54, 1.807) is 6.07 Å². The SMILES string of the molecule is Cc1c([C@@H](N)CO)cc(Cl)c(N2CCOCC2)c1Cl. The van der Waals surface area contributed by atoms with Crippen LogP contribution in [0.5, 0.6) is 0 Å². The van der Waals surface area contributed by atoms with Gasteiger partial charge < -0.3 is 20.5 Å². The van der Waals surface area contributed by atoms with Gasteiger partial charge in [-0.25, -0.2) is 0 Å². The van der Waals surface area contributed by atoms with Gasteiger partial charge in [0.1, 0.15) is 0 Å². The second-order valence-electron chi connectivity index (χ2n) is 4.62. The van der Waals surface area contributed by atoms with Crippen molar-refractivity contribution in [2.24, 2.45) is 5.73 Å². The van der Waals surface area contributed by atoms with Gasteiger partial charge in [0.2, 0.25) is 0 Å². The molecule has 1 aromatic rings. The van der Waals surface area contributed by atoms with Crippen LogP contribution >= 0.6 is 23.2 Å². The van der Waals surface area contributed by atoms with Crippen LogP contribution in [0.25, 0.3) is 0 Å². The topological polar surface area (TPSA) is 58.7 Å². The van der Waals surface area contributed by atoms with E-state index in [0.717, 1.165) is 29.9 Å². The first-order valence-corrected chi connectivity index (χ1v) is 6.99. The third-order valence-electron chi connectivity index (χ3n) is 3.40. The number of anilines is 1. The predicted molar refractivity (Wildman–Crippen MR) is 78.2 cm³/mol. The molecule has 1 aromatic carbocycles. The van der Waals surface area contributed by atoms with Crippen molar-refractivity contribution >= 4 is 28.9 Å². The molecule has 2 rings (SSSR count). The van der Waals surface area contributed by atoms with Gasteiger partial charge in [0.25, 0.3) is 0 Å². The minimum Gasteiger partial charge on any atom is -0.394 e. The molecule has 106 valence electrons. The minimum absolute atomic E-state index is 0.135. The maximum atomic E-state index is 9.17. The van der Waals surface area contributed by atoms with Crippen molar-refractivity contribution in [3.05, 3.63) is 27.2 Å². The van der Waals surface area contributed by atoms with Crippen molar-refractivity contribution in [2.75, 3.05) is 37.8 Å². The van der Waals surface area contributed by atoms with Crippen molar-refractivity contribution in [3.63, 3.8) is 0 Å². The van der Waals surface area contributed by atoms with E-state index < -0.39 is 6.04 Å². The summed E-state index contributed by atoms with van der Waals surface area (Å²) in [6, 6.07) is 1.34. The maximum Gasteiger partial charge on any atom is 0.0749 e. The van der Waals surface area contributed by atoms with Crippen LogP contribution in [0, 0.1) is 6.92 Å². The van der Waals surface area contributed by atoms with E-state index in [1.165, 1.54) is 0 Å². The Hall–Kier alpha value is -0.520. The number of morpholine rings is 1. The second kappa shape index (κ2) is 6.29. The van der Waals surface area contributed by atoms with E-state index in [9.17, 15) is 5.11 Å².